The van der Waals surface area contributed by atoms with Gasteiger partial charge in [-0.05, 0) is 67.3 Å². The molecule has 0 amide bonds. The van der Waals surface area contributed by atoms with Gasteiger partial charge in [0.25, 0.3) is 0 Å². The third-order valence-corrected chi connectivity index (χ3v) is 5.76. The van der Waals surface area contributed by atoms with Crippen molar-refractivity contribution in [3.63, 3.8) is 0 Å². The van der Waals surface area contributed by atoms with Crippen molar-refractivity contribution < 1.29 is 9.18 Å². The molecule has 1 aliphatic heterocycles. The van der Waals surface area contributed by atoms with Crippen molar-refractivity contribution in [3.8, 4) is 11.3 Å². The topological polar surface area (TPSA) is 58.1 Å². The van der Waals surface area contributed by atoms with Gasteiger partial charge in [0.05, 0.1) is 16.9 Å². The highest BCUT2D eigenvalue weighted by atomic mass is 35.5. The van der Waals surface area contributed by atoms with Gasteiger partial charge in [0.2, 0.25) is 5.95 Å². The average Bonchev–Trinajstić information content (AvgIpc) is 2.82. The Labute approximate surface area is 192 Å². The summed E-state index contributed by atoms with van der Waals surface area (Å²) < 4.78 is 14.2. The second-order valence-corrected chi connectivity index (χ2v) is 8.17. The summed E-state index contributed by atoms with van der Waals surface area (Å²) in [5, 5.41) is 3.58. The van der Waals surface area contributed by atoms with Crippen LogP contribution in [-0.4, -0.2) is 28.8 Å². The van der Waals surface area contributed by atoms with E-state index in [-0.39, 0.29) is 17.8 Å². The predicted molar refractivity (Wildman–Crippen MR) is 127 cm³/mol. The number of piperidine rings is 1. The number of halogens is 2. The first kappa shape index (κ1) is 22.0. The van der Waals surface area contributed by atoms with Gasteiger partial charge in [-0.1, -0.05) is 24.2 Å². The third kappa shape index (κ3) is 5.14. The smallest absolute Gasteiger partial charge is 0.227 e. The van der Waals surface area contributed by atoms with Crippen molar-refractivity contribution in [2.24, 2.45) is 0 Å². The number of carbonyl (C=O) groups excluding carboxylic acids is 1. The lowest BCUT2D eigenvalue weighted by Gasteiger charge is -2.29. The Hall–Kier alpha value is -3.25. The van der Waals surface area contributed by atoms with Crippen LogP contribution in [0.2, 0.25) is 5.02 Å². The summed E-state index contributed by atoms with van der Waals surface area (Å²) in [6, 6.07) is 12.6. The number of nitrogens with one attached hydrogen (secondary N) is 1. The molecule has 0 atom stereocenters. The van der Waals surface area contributed by atoms with Gasteiger partial charge in [-0.2, -0.15) is 0 Å². The fraction of sp³-hybridized carbons (Fsp3) is 0.240. The third-order valence-electron chi connectivity index (χ3n) is 5.48. The van der Waals surface area contributed by atoms with E-state index >= 15 is 0 Å². The molecule has 0 bridgehead atoms. The molecular weight excluding hydrogens is 427 g/mol. The molecule has 3 aromatic rings. The molecule has 0 aliphatic carbocycles. The van der Waals surface area contributed by atoms with E-state index in [9.17, 15) is 9.18 Å². The monoisotopic (exact) mass is 450 g/mol. The number of anilines is 3. The largest absolute Gasteiger partial charge is 0.371 e. The van der Waals surface area contributed by atoms with E-state index in [1.165, 1.54) is 43.3 Å². The van der Waals surface area contributed by atoms with Gasteiger partial charge in [-0.25, -0.2) is 14.4 Å². The Balaban J connectivity index is 1.59. The quantitative estimate of drug-likeness (QED) is 0.449. The number of carbonyl (C=O) groups is 1. The van der Waals surface area contributed by atoms with Crippen LogP contribution in [0, 0.1) is 5.82 Å². The van der Waals surface area contributed by atoms with Gasteiger partial charge in [0, 0.05) is 36.4 Å². The molecule has 1 fully saturated rings. The number of nitrogens with zero attached hydrogens (tertiary/aromatic N) is 3. The number of aromatic nitrogens is 2. The van der Waals surface area contributed by atoms with Crippen LogP contribution in [0.3, 0.4) is 0 Å². The molecule has 0 unspecified atom stereocenters. The van der Waals surface area contributed by atoms with Crippen molar-refractivity contribution >= 4 is 34.7 Å². The van der Waals surface area contributed by atoms with Crippen LogP contribution in [0.25, 0.3) is 11.3 Å². The van der Waals surface area contributed by atoms with Crippen LogP contribution in [0.5, 0.6) is 0 Å². The zero-order valence-corrected chi connectivity index (χ0v) is 18.4. The number of ketones is 1. The van der Waals surface area contributed by atoms with E-state index in [0.717, 1.165) is 18.8 Å². The Morgan fingerprint density at radius 1 is 1.19 bits per heavy atom. The zero-order chi connectivity index (χ0) is 22.5. The van der Waals surface area contributed by atoms with Crippen molar-refractivity contribution in [2.75, 3.05) is 23.3 Å². The standard InChI is InChI=1S/C25H24ClFN4O/c1-2-21(32)14-18-13-17(9-10-23(18)27)24-22(26)16-28-25(30-24)29-19-7-6-8-20(15-19)31-11-4-3-5-12-31/h2,6-10,13,15-16H,1,3-5,11-12,14H2,(H,28,29,30). The molecule has 1 aliphatic rings. The molecule has 5 nitrogen and oxygen atoms in total. The van der Waals surface area contributed by atoms with Crippen molar-refractivity contribution in [1.29, 1.82) is 0 Å². The van der Waals surface area contributed by atoms with Crippen LogP contribution >= 0.6 is 11.6 Å². The first-order chi connectivity index (χ1) is 15.5. The van der Waals surface area contributed by atoms with E-state index < -0.39 is 5.82 Å². The van der Waals surface area contributed by atoms with Crippen LogP contribution in [-0.2, 0) is 11.2 Å². The minimum atomic E-state index is -0.456. The van der Waals surface area contributed by atoms with Crippen molar-refractivity contribution in [3.05, 3.63) is 77.7 Å². The highest BCUT2D eigenvalue weighted by Gasteiger charge is 2.14. The van der Waals surface area contributed by atoms with Crippen molar-refractivity contribution in [1.82, 2.24) is 9.97 Å². The first-order valence-electron chi connectivity index (χ1n) is 10.6. The summed E-state index contributed by atoms with van der Waals surface area (Å²) in [4.78, 5) is 22.9. The number of hydrogen-bond acceptors (Lipinski definition) is 5. The summed E-state index contributed by atoms with van der Waals surface area (Å²) in [7, 11) is 0. The van der Waals surface area contributed by atoms with E-state index in [1.54, 1.807) is 12.1 Å². The van der Waals surface area contributed by atoms with Crippen LogP contribution in [0.15, 0.2) is 61.3 Å². The fourth-order valence-electron chi connectivity index (χ4n) is 3.81. The molecule has 7 heteroatoms. The molecule has 164 valence electrons. The lowest BCUT2D eigenvalue weighted by molar-refractivity contribution is -0.114. The maximum atomic E-state index is 14.2. The first-order valence-corrected chi connectivity index (χ1v) is 11.0. The van der Waals surface area contributed by atoms with Gasteiger partial charge in [0.15, 0.2) is 5.78 Å². The normalized spacial score (nSPS) is 13.6. The average molecular weight is 451 g/mol. The molecule has 1 aromatic heterocycles. The molecular formula is C25H24ClFN4O. The molecule has 2 heterocycles. The van der Waals surface area contributed by atoms with Crippen LogP contribution < -0.4 is 10.2 Å². The molecule has 4 rings (SSSR count). The van der Waals surface area contributed by atoms with Gasteiger partial charge < -0.3 is 10.2 Å². The Morgan fingerprint density at radius 2 is 2.00 bits per heavy atom. The minimum absolute atomic E-state index is 0.0692. The van der Waals surface area contributed by atoms with Gasteiger partial charge >= 0.3 is 0 Å². The second-order valence-electron chi connectivity index (χ2n) is 7.77. The molecule has 0 spiro atoms. The minimum Gasteiger partial charge on any atom is -0.371 e. The Morgan fingerprint density at radius 3 is 2.78 bits per heavy atom. The molecule has 0 radical (unpaired) electrons. The number of hydrogen-bond donors (Lipinski definition) is 1. The summed E-state index contributed by atoms with van der Waals surface area (Å²) in [6.45, 7) is 5.57. The highest BCUT2D eigenvalue weighted by Crippen LogP contribution is 2.30. The van der Waals surface area contributed by atoms with Crippen LogP contribution in [0.4, 0.5) is 21.7 Å². The maximum absolute atomic E-state index is 14.2. The summed E-state index contributed by atoms with van der Waals surface area (Å²) in [5.41, 5.74) is 3.38. The lowest BCUT2D eigenvalue weighted by Crippen LogP contribution is -2.29. The number of benzene rings is 2. The SMILES string of the molecule is C=CC(=O)Cc1cc(-c2nc(Nc3cccc(N4CCCCC4)c3)ncc2Cl)ccc1F. The van der Waals surface area contributed by atoms with Gasteiger partial charge in [-0.3, -0.25) is 4.79 Å². The molecule has 1 saturated heterocycles. The molecule has 0 saturated carbocycles. The maximum Gasteiger partial charge on any atom is 0.227 e. The molecule has 1 N–H and O–H groups in total. The van der Waals surface area contributed by atoms with Gasteiger partial charge in [0.1, 0.15) is 5.82 Å². The summed E-state index contributed by atoms with van der Waals surface area (Å²) in [6.07, 6.45) is 6.32. The van der Waals surface area contributed by atoms with Crippen molar-refractivity contribution in [2.45, 2.75) is 25.7 Å². The second kappa shape index (κ2) is 9.92. The van der Waals surface area contributed by atoms with E-state index in [0.29, 0.717) is 22.2 Å². The zero-order valence-electron chi connectivity index (χ0n) is 17.7. The van der Waals surface area contributed by atoms with Crippen LogP contribution in [0.1, 0.15) is 24.8 Å². The fourth-order valence-corrected chi connectivity index (χ4v) is 4.01. The van der Waals surface area contributed by atoms with Gasteiger partial charge in [-0.15, -0.1) is 0 Å². The highest BCUT2D eigenvalue weighted by molar-refractivity contribution is 6.32. The molecule has 2 aromatic carbocycles. The van der Waals surface area contributed by atoms with E-state index in [4.69, 9.17) is 11.6 Å². The Bertz CT molecular complexity index is 1140. The van der Waals surface area contributed by atoms with E-state index in [2.05, 4.69) is 38.9 Å². The lowest BCUT2D eigenvalue weighted by atomic mass is 10.0. The number of rotatable bonds is 7. The van der Waals surface area contributed by atoms with E-state index in [1.807, 2.05) is 12.1 Å². The predicted octanol–water partition coefficient (Wildman–Crippen LogP) is 5.97. The number of allylic oxidation sites excluding steroid dienone is 1. The molecule has 32 heavy (non-hydrogen) atoms. The summed E-state index contributed by atoms with van der Waals surface area (Å²) in [5.74, 6) is -0.332. The Kier molecular flexibility index (Phi) is 6.81. The summed E-state index contributed by atoms with van der Waals surface area (Å²) >= 11 is 6.35.